The third-order valence-corrected chi connectivity index (χ3v) is 6.56. The number of para-hydroxylation sites is 1. The summed E-state index contributed by atoms with van der Waals surface area (Å²) in [6.07, 6.45) is 0. The van der Waals surface area contributed by atoms with Gasteiger partial charge in [0.05, 0.1) is 21.8 Å². The zero-order chi connectivity index (χ0) is 21.5. The average molecular weight is 447 g/mol. The third-order valence-electron chi connectivity index (χ3n) is 5.18. The zero-order valence-electron chi connectivity index (χ0n) is 16.0. The second-order valence-electron chi connectivity index (χ2n) is 7.02. The summed E-state index contributed by atoms with van der Waals surface area (Å²) in [5.74, 6) is -1.76. The molecule has 0 aliphatic carbocycles. The molecular weight excluding hydrogens is 432 g/mol. The fourth-order valence-corrected chi connectivity index (χ4v) is 4.97. The normalized spacial score (nSPS) is 18.1. The quantitative estimate of drug-likeness (QED) is 0.253. The van der Waals surface area contributed by atoms with Crippen LogP contribution in [0.2, 0.25) is 5.02 Å². The molecule has 1 aliphatic rings. The van der Waals surface area contributed by atoms with E-state index in [1.807, 2.05) is 30.3 Å². The van der Waals surface area contributed by atoms with E-state index in [2.05, 4.69) is 4.98 Å². The molecule has 0 bridgehead atoms. The van der Waals surface area contributed by atoms with Gasteiger partial charge >= 0.3 is 5.91 Å². The maximum Gasteiger partial charge on any atom is 0.301 e. The van der Waals surface area contributed by atoms with Crippen LogP contribution in [0, 0.1) is 0 Å². The van der Waals surface area contributed by atoms with Crippen molar-refractivity contribution in [1.29, 1.82) is 0 Å². The van der Waals surface area contributed by atoms with Crippen LogP contribution in [-0.2, 0) is 9.59 Å². The summed E-state index contributed by atoms with van der Waals surface area (Å²) in [5, 5.41) is 11.8. The summed E-state index contributed by atoms with van der Waals surface area (Å²) in [5.41, 5.74) is 1.70. The Morgan fingerprint density at radius 3 is 2.35 bits per heavy atom. The van der Waals surface area contributed by atoms with Crippen molar-refractivity contribution in [3.8, 4) is 0 Å². The summed E-state index contributed by atoms with van der Waals surface area (Å²) < 4.78 is 0.889. The van der Waals surface area contributed by atoms with Gasteiger partial charge in [-0.2, -0.15) is 0 Å². The molecule has 3 aromatic carbocycles. The Kier molecular flexibility index (Phi) is 4.81. The molecule has 0 unspecified atom stereocenters. The molecule has 1 saturated heterocycles. The maximum absolute atomic E-state index is 13.2. The monoisotopic (exact) mass is 446 g/mol. The number of rotatable bonds is 3. The van der Waals surface area contributed by atoms with Gasteiger partial charge in [0.2, 0.25) is 0 Å². The molecule has 7 heteroatoms. The molecule has 5 nitrogen and oxygen atoms in total. The van der Waals surface area contributed by atoms with Crippen molar-refractivity contribution in [2.75, 3.05) is 4.90 Å². The number of carbonyl (C=O) groups excluding carboxylic acids is 2. The Hall–Kier alpha value is -3.48. The number of ketones is 1. The van der Waals surface area contributed by atoms with Gasteiger partial charge in [0.15, 0.2) is 5.13 Å². The van der Waals surface area contributed by atoms with Gasteiger partial charge in [-0.15, -0.1) is 0 Å². The number of aliphatic hydroxyl groups excluding tert-OH is 1. The number of benzene rings is 3. The Bertz CT molecular complexity index is 1330. The number of halogens is 1. The van der Waals surface area contributed by atoms with E-state index in [1.165, 1.54) is 16.2 Å². The molecule has 1 aliphatic heterocycles. The Morgan fingerprint density at radius 1 is 0.935 bits per heavy atom. The molecule has 1 amide bonds. The minimum absolute atomic E-state index is 0.0106. The topological polar surface area (TPSA) is 70.5 Å². The van der Waals surface area contributed by atoms with E-state index >= 15 is 0 Å². The molecule has 4 aromatic rings. The van der Waals surface area contributed by atoms with Crippen LogP contribution < -0.4 is 4.90 Å². The first-order valence-corrected chi connectivity index (χ1v) is 10.7. The third kappa shape index (κ3) is 3.21. The molecule has 1 fully saturated rings. The first-order valence-electron chi connectivity index (χ1n) is 9.52. The van der Waals surface area contributed by atoms with Crippen LogP contribution >= 0.6 is 22.9 Å². The predicted octanol–water partition coefficient (Wildman–Crippen LogP) is 5.58. The molecule has 0 radical (unpaired) electrons. The smallest absolute Gasteiger partial charge is 0.301 e. The summed E-state index contributed by atoms with van der Waals surface area (Å²) in [6.45, 7) is 0. The lowest BCUT2D eigenvalue weighted by molar-refractivity contribution is -0.132. The molecule has 1 N–H and O–H groups in total. The van der Waals surface area contributed by atoms with Gasteiger partial charge < -0.3 is 5.11 Å². The number of carbonyl (C=O) groups is 2. The lowest BCUT2D eigenvalue weighted by atomic mass is 9.95. The lowest BCUT2D eigenvalue weighted by Crippen LogP contribution is -2.29. The first-order chi connectivity index (χ1) is 15.1. The molecule has 152 valence electrons. The van der Waals surface area contributed by atoms with Crippen molar-refractivity contribution in [3.63, 3.8) is 0 Å². The second kappa shape index (κ2) is 7.65. The molecular formula is C24H15ClN2O3S. The lowest BCUT2D eigenvalue weighted by Gasteiger charge is -2.23. The number of aliphatic hydroxyl groups is 1. The van der Waals surface area contributed by atoms with E-state index in [0.717, 1.165) is 10.2 Å². The summed E-state index contributed by atoms with van der Waals surface area (Å²) >= 11 is 7.79. The van der Waals surface area contributed by atoms with E-state index < -0.39 is 17.7 Å². The molecule has 31 heavy (non-hydrogen) atoms. The number of aromatic nitrogens is 1. The highest BCUT2D eigenvalue weighted by molar-refractivity contribution is 7.22. The van der Waals surface area contributed by atoms with Gasteiger partial charge in [0.25, 0.3) is 5.78 Å². The molecule has 1 aromatic heterocycles. The van der Waals surface area contributed by atoms with Crippen LogP contribution in [0.5, 0.6) is 0 Å². The summed E-state index contributed by atoms with van der Waals surface area (Å²) in [4.78, 5) is 32.2. The highest BCUT2D eigenvalue weighted by atomic mass is 35.5. The SMILES string of the molecule is O=C1C(=O)N(c2nc3ccccc3s2)[C@H](c2ccccc2Cl)C1=C(O)c1ccccc1. The van der Waals surface area contributed by atoms with Crippen LogP contribution in [0.15, 0.2) is 84.4 Å². The molecule has 0 spiro atoms. The van der Waals surface area contributed by atoms with Gasteiger partial charge in [-0.25, -0.2) is 4.98 Å². The van der Waals surface area contributed by atoms with Crippen molar-refractivity contribution >= 4 is 55.7 Å². The highest BCUT2D eigenvalue weighted by Gasteiger charge is 2.48. The fourth-order valence-electron chi connectivity index (χ4n) is 3.74. The molecule has 2 heterocycles. The Balaban J connectivity index is 1.77. The zero-order valence-corrected chi connectivity index (χ0v) is 17.6. The van der Waals surface area contributed by atoms with Crippen LogP contribution in [0.3, 0.4) is 0 Å². The van der Waals surface area contributed by atoms with Gasteiger partial charge in [0, 0.05) is 10.6 Å². The van der Waals surface area contributed by atoms with Crippen molar-refractivity contribution in [2.45, 2.75) is 6.04 Å². The summed E-state index contributed by atoms with van der Waals surface area (Å²) in [6, 6.07) is 22.3. The Labute approximate surface area is 186 Å². The van der Waals surface area contributed by atoms with Gasteiger partial charge in [-0.1, -0.05) is 83.6 Å². The number of nitrogens with zero attached hydrogens (tertiary/aromatic N) is 2. The van der Waals surface area contributed by atoms with E-state index in [0.29, 0.717) is 21.3 Å². The number of thiazole rings is 1. The molecule has 0 saturated carbocycles. The van der Waals surface area contributed by atoms with Gasteiger partial charge in [0.1, 0.15) is 5.76 Å². The highest BCUT2D eigenvalue weighted by Crippen LogP contribution is 2.45. The second-order valence-corrected chi connectivity index (χ2v) is 8.44. The van der Waals surface area contributed by atoms with Gasteiger partial charge in [-0.3, -0.25) is 14.5 Å². The largest absolute Gasteiger partial charge is 0.507 e. The number of Topliss-reactive ketones (excluding diaryl/α,β-unsaturated/α-hetero) is 1. The number of fused-ring (bicyclic) bond motifs is 1. The standard InChI is InChI=1S/C24H15ClN2O3S/c25-16-11-5-4-10-15(16)20-19(21(28)14-8-2-1-3-9-14)22(29)23(30)27(20)24-26-17-12-6-7-13-18(17)31-24/h1-13,20,28H/t20-/m1/s1. The fraction of sp³-hybridized carbons (Fsp3) is 0.0417. The average Bonchev–Trinajstić information content (AvgIpc) is 3.33. The number of hydrogen-bond donors (Lipinski definition) is 1. The maximum atomic E-state index is 13.2. The number of hydrogen-bond acceptors (Lipinski definition) is 5. The van der Waals surface area contributed by atoms with Crippen LogP contribution in [0.1, 0.15) is 17.2 Å². The number of anilines is 1. The van der Waals surface area contributed by atoms with Gasteiger partial charge in [-0.05, 0) is 23.8 Å². The first kappa shape index (κ1) is 19.5. The van der Waals surface area contributed by atoms with E-state index in [4.69, 9.17) is 11.6 Å². The van der Waals surface area contributed by atoms with E-state index in [9.17, 15) is 14.7 Å². The molecule has 5 rings (SSSR count). The van der Waals surface area contributed by atoms with Crippen LogP contribution in [0.25, 0.3) is 16.0 Å². The molecule has 1 atom stereocenters. The van der Waals surface area contributed by atoms with Crippen LogP contribution in [-0.4, -0.2) is 21.8 Å². The number of amides is 1. The van der Waals surface area contributed by atoms with E-state index in [1.54, 1.807) is 48.5 Å². The van der Waals surface area contributed by atoms with Crippen molar-refractivity contribution in [2.24, 2.45) is 0 Å². The minimum Gasteiger partial charge on any atom is -0.507 e. The van der Waals surface area contributed by atoms with E-state index in [-0.39, 0.29) is 11.3 Å². The van der Waals surface area contributed by atoms with Crippen molar-refractivity contribution in [1.82, 2.24) is 4.98 Å². The summed E-state index contributed by atoms with van der Waals surface area (Å²) in [7, 11) is 0. The van der Waals surface area contributed by atoms with Crippen molar-refractivity contribution in [3.05, 3.63) is 101 Å². The van der Waals surface area contributed by atoms with Crippen LogP contribution in [0.4, 0.5) is 5.13 Å². The predicted molar refractivity (Wildman–Crippen MR) is 122 cm³/mol. The minimum atomic E-state index is -0.894. The Morgan fingerprint density at radius 2 is 1.61 bits per heavy atom. The van der Waals surface area contributed by atoms with Crippen molar-refractivity contribution < 1.29 is 14.7 Å².